The molecule has 0 atom stereocenters. The maximum atomic E-state index is 12.6. The quantitative estimate of drug-likeness (QED) is 0.675. The lowest BCUT2D eigenvalue weighted by Crippen LogP contribution is -2.11. The van der Waals surface area contributed by atoms with Crippen LogP contribution in [-0.2, 0) is 12.8 Å². The van der Waals surface area contributed by atoms with Crippen LogP contribution in [0.1, 0.15) is 43.0 Å². The lowest BCUT2D eigenvalue weighted by molar-refractivity contribution is 0.309. The number of H-pyrrole nitrogens is 1. The normalized spacial score (nSPS) is 13.8. The lowest BCUT2D eigenvalue weighted by Gasteiger charge is -2.09. The molecule has 0 saturated carbocycles. The van der Waals surface area contributed by atoms with E-state index in [0.29, 0.717) is 5.82 Å². The molecule has 4 nitrogen and oxygen atoms in total. The minimum Gasteiger partial charge on any atom is -0.494 e. The van der Waals surface area contributed by atoms with Crippen molar-refractivity contribution in [3.63, 3.8) is 0 Å². The fourth-order valence-corrected chi connectivity index (χ4v) is 4.61. The summed E-state index contributed by atoms with van der Waals surface area (Å²) in [6.45, 7) is 2.88. The first-order valence-corrected chi connectivity index (χ1v) is 9.85. The molecule has 1 aliphatic rings. The monoisotopic (exact) mass is 354 g/mol. The first-order valence-electron chi connectivity index (χ1n) is 9.04. The summed E-state index contributed by atoms with van der Waals surface area (Å²) in [6.07, 6.45) is 6.63. The van der Waals surface area contributed by atoms with Gasteiger partial charge in [0, 0.05) is 10.4 Å². The molecule has 0 unspecified atom stereocenters. The van der Waals surface area contributed by atoms with E-state index in [2.05, 4.69) is 11.9 Å². The van der Waals surface area contributed by atoms with Crippen molar-refractivity contribution in [3.05, 3.63) is 45.1 Å². The van der Waals surface area contributed by atoms with E-state index in [9.17, 15) is 4.79 Å². The van der Waals surface area contributed by atoms with Gasteiger partial charge in [-0.1, -0.05) is 13.3 Å². The van der Waals surface area contributed by atoms with Crippen molar-refractivity contribution in [2.75, 3.05) is 6.61 Å². The van der Waals surface area contributed by atoms with Crippen LogP contribution in [-0.4, -0.2) is 16.6 Å². The smallest absolute Gasteiger partial charge is 0.260 e. The van der Waals surface area contributed by atoms with Gasteiger partial charge in [-0.25, -0.2) is 4.98 Å². The highest BCUT2D eigenvalue weighted by atomic mass is 32.1. The molecule has 0 bridgehead atoms. The third kappa shape index (κ3) is 3.21. The minimum atomic E-state index is -0.0114. The first kappa shape index (κ1) is 16.3. The summed E-state index contributed by atoms with van der Waals surface area (Å²) < 4.78 is 5.70. The van der Waals surface area contributed by atoms with Gasteiger partial charge in [0.2, 0.25) is 0 Å². The molecule has 1 aromatic carbocycles. The first-order chi connectivity index (χ1) is 12.3. The van der Waals surface area contributed by atoms with E-state index in [0.717, 1.165) is 53.8 Å². The Balaban J connectivity index is 1.66. The molecular weight excluding hydrogens is 332 g/mol. The van der Waals surface area contributed by atoms with E-state index in [4.69, 9.17) is 9.72 Å². The molecule has 0 radical (unpaired) electrons. The second-order valence-corrected chi connectivity index (χ2v) is 7.62. The lowest BCUT2D eigenvalue weighted by atomic mass is 9.97. The zero-order chi connectivity index (χ0) is 17.2. The van der Waals surface area contributed by atoms with Crippen molar-refractivity contribution in [2.45, 2.75) is 45.4 Å². The maximum Gasteiger partial charge on any atom is 0.260 e. The molecule has 0 aliphatic heterocycles. The SMILES string of the molecule is CCCCOc1ccc(-c2nc3sc4c(c3c(=O)[nH]2)CCCC4)cc1. The van der Waals surface area contributed by atoms with E-state index >= 15 is 0 Å². The Morgan fingerprint density at radius 2 is 2.00 bits per heavy atom. The van der Waals surface area contributed by atoms with Crippen LogP contribution in [0, 0.1) is 0 Å². The number of hydrogen-bond donors (Lipinski definition) is 1. The molecular formula is C20H22N2O2S. The van der Waals surface area contributed by atoms with Gasteiger partial charge in [-0.05, 0) is 61.9 Å². The molecule has 1 aliphatic carbocycles. The Labute approximate surface area is 150 Å². The summed E-state index contributed by atoms with van der Waals surface area (Å²) in [5.74, 6) is 1.49. The Morgan fingerprint density at radius 3 is 2.80 bits per heavy atom. The van der Waals surface area contributed by atoms with Crippen molar-refractivity contribution >= 4 is 21.6 Å². The van der Waals surface area contributed by atoms with Gasteiger partial charge in [-0.2, -0.15) is 0 Å². The molecule has 2 heterocycles. The third-order valence-electron chi connectivity index (χ3n) is 4.72. The Morgan fingerprint density at radius 1 is 1.20 bits per heavy atom. The van der Waals surface area contributed by atoms with Crippen molar-refractivity contribution in [1.82, 2.24) is 9.97 Å². The Hall–Kier alpha value is -2.14. The van der Waals surface area contributed by atoms with Crippen LogP contribution in [0.5, 0.6) is 5.75 Å². The van der Waals surface area contributed by atoms with Crippen molar-refractivity contribution in [3.8, 4) is 17.1 Å². The summed E-state index contributed by atoms with van der Waals surface area (Å²) >= 11 is 1.68. The topological polar surface area (TPSA) is 55.0 Å². The average molecular weight is 354 g/mol. The summed E-state index contributed by atoms with van der Waals surface area (Å²) in [6, 6.07) is 7.79. The number of nitrogens with one attached hydrogen (secondary N) is 1. The largest absolute Gasteiger partial charge is 0.494 e. The number of rotatable bonds is 5. The number of fused-ring (bicyclic) bond motifs is 3. The molecule has 1 N–H and O–H groups in total. The second kappa shape index (κ2) is 7.00. The Kier molecular flexibility index (Phi) is 4.57. The van der Waals surface area contributed by atoms with Crippen molar-refractivity contribution < 1.29 is 4.74 Å². The molecule has 2 aromatic heterocycles. The molecule has 0 spiro atoms. The predicted molar refractivity (Wildman–Crippen MR) is 103 cm³/mol. The maximum absolute atomic E-state index is 12.6. The predicted octanol–water partition coefficient (Wildman–Crippen LogP) is 4.71. The molecule has 0 fully saturated rings. The fourth-order valence-electron chi connectivity index (χ4n) is 3.34. The van der Waals surface area contributed by atoms with Crippen molar-refractivity contribution in [1.29, 1.82) is 0 Å². The zero-order valence-corrected chi connectivity index (χ0v) is 15.2. The van der Waals surface area contributed by atoms with Crippen LogP contribution < -0.4 is 10.3 Å². The fraction of sp³-hybridized carbons (Fsp3) is 0.400. The van der Waals surface area contributed by atoms with Crippen LogP contribution in [0.25, 0.3) is 21.6 Å². The highest BCUT2D eigenvalue weighted by Gasteiger charge is 2.20. The van der Waals surface area contributed by atoms with E-state index in [1.54, 1.807) is 11.3 Å². The summed E-state index contributed by atoms with van der Waals surface area (Å²) in [5, 5.41) is 0.808. The number of aromatic nitrogens is 2. The number of ether oxygens (including phenoxy) is 1. The number of unbranched alkanes of at least 4 members (excludes halogenated alkanes) is 1. The Bertz CT molecular complexity index is 941. The van der Waals surface area contributed by atoms with Gasteiger partial charge in [0.15, 0.2) is 0 Å². The molecule has 0 saturated heterocycles. The van der Waals surface area contributed by atoms with Crippen LogP contribution in [0.4, 0.5) is 0 Å². The molecule has 5 heteroatoms. The molecule has 0 amide bonds. The van der Waals surface area contributed by atoms with E-state index < -0.39 is 0 Å². The van der Waals surface area contributed by atoms with Crippen LogP contribution >= 0.6 is 11.3 Å². The second-order valence-electron chi connectivity index (χ2n) is 6.53. The number of aryl methyl sites for hydroxylation is 2. The van der Waals surface area contributed by atoms with Crippen molar-refractivity contribution in [2.24, 2.45) is 0 Å². The molecule has 130 valence electrons. The third-order valence-corrected chi connectivity index (χ3v) is 5.91. The van der Waals surface area contributed by atoms with Gasteiger partial charge in [0.25, 0.3) is 5.56 Å². The van der Waals surface area contributed by atoms with Gasteiger partial charge in [0.1, 0.15) is 16.4 Å². The number of aromatic amines is 1. The number of hydrogen-bond acceptors (Lipinski definition) is 4. The number of nitrogens with zero attached hydrogens (tertiary/aromatic N) is 1. The van der Waals surface area contributed by atoms with E-state index in [1.165, 1.54) is 23.3 Å². The van der Waals surface area contributed by atoms with Gasteiger partial charge in [0.05, 0.1) is 12.0 Å². The number of thiophene rings is 1. The standard InChI is InChI=1S/C20H22N2O2S/c1-2-3-12-24-14-10-8-13(9-11-14)18-21-19(23)17-15-6-4-5-7-16(15)25-20(17)22-18/h8-11H,2-7,12H2,1H3,(H,21,22,23). The van der Waals surface area contributed by atoms with Gasteiger partial charge in [-0.15, -0.1) is 11.3 Å². The average Bonchev–Trinajstić information content (AvgIpc) is 3.01. The van der Waals surface area contributed by atoms with Gasteiger partial charge >= 0.3 is 0 Å². The molecule has 3 aromatic rings. The van der Waals surface area contributed by atoms with Gasteiger partial charge < -0.3 is 9.72 Å². The van der Waals surface area contributed by atoms with Crippen LogP contribution in [0.3, 0.4) is 0 Å². The molecule has 25 heavy (non-hydrogen) atoms. The summed E-state index contributed by atoms with van der Waals surface area (Å²) in [7, 11) is 0. The van der Waals surface area contributed by atoms with Crippen LogP contribution in [0.2, 0.25) is 0 Å². The van der Waals surface area contributed by atoms with E-state index in [1.807, 2.05) is 24.3 Å². The van der Waals surface area contributed by atoms with Gasteiger partial charge in [-0.3, -0.25) is 4.79 Å². The summed E-state index contributed by atoms with van der Waals surface area (Å²) in [4.78, 5) is 22.6. The summed E-state index contributed by atoms with van der Waals surface area (Å²) in [5.41, 5.74) is 2.13. The zero-order valence-electron chi connectivity index (χ0n) is 14.4. The molecule has 4 rings (SSSR count). The van der Waals surface area contributed by atoms with E-state index in [-0.39, 0.29) is 5.56 Å². The minimum absolute atomic E-state index is 0.0114. The number of benzene rings is 1. The highest BCUT2D eigenvalue weighted by molar-refractivity contribution is 7.18. The highest BCUT2D eigenvalue weighted by Crippen LogP contribution is 2.34. The van der Waals surface area contributed by atoms with Crippen LogP contribution in [0.15, 0.2) is 29.1 Å².